The van der Waals surface area contributed by atoms with Crippen molar-refractivity contribution < 1.29 is 4.79 Å². The fraction of sp³-hybridized carbons (Fsp3) is 0.562. The fourth-order valence-corrected chi connectivity index (χ4v) is 4.33. The van der Waals surface area contributed by atoms with Gasteiger partial charge in [0.15, 0.2) is 11.0 Å². The maximum absolute atomic E-state index is 12.1. The van der Waals surface area contributed by atoms with Gasteiger partial charge in [0.1, 0.15) is 0 Å². The van der Waals surface area contributed by atoms with Gasteiger partial charge in [0.25, 0.3) is 0 Å². The van der Waals surface area contributed by atoms with E-state index >= 15 is 0 Å². The Hall–Kier alpha value is -1.34. The minimum absolute atomic E-state index is 0.0928. The van der Waals surface area contributed by atoms with E-state index in [0.29, 0.717) is 11.8 Å². The second-order valence-corrected chi connectivity index (χ2v) is 8.05. The number of hydrogen-bond acceptors (Lipinski definition) is 5. The van der Waals surface area contributed by atoms with Crippen LogP contribution < -0.4 is 5.32 Å². The number of thioether (sulfide) groups is 1. The Labute approximate surface area is 144 Å². The molecule has 0 atom stereocenters. The van der Waals surface area contributed by atoms with Crippen LogP contribution >= 0.6 is 23.1 Å². The Morgan fingerprint density at radius 3 is 2.87 bits per heavy atom. The SMILES string of the molecule is CC1CCC(NC(=O)CSc2nnc(-c3cccs3)n2C)CC1. The molecule has 0 radical (unpaired) electrons. The molecule has 5 nitrogen and oxygen atoms in total. The van der Waals surface area contributed by atoms with Crippen molar-refractivity contribution in [2.24, 2.45) is 13.0 Å². The zero-order valence-corrected chi connectivity index (χ0v) is 15.1. The highest BCUT2D eigenvalue weighted by Crippen LogP contribution is 2.26. The van der Waals surface area contributed by atoms with Crippen LogP contribution in [0.5, 0.6) is 0 Å². The Bertz CT molecular complexity index is 645. The van der Waals surface area contributed by atoms with Gasteiger partial charge >= 0.3 is 0 Å². The molecule has 1 aliphatic carbocycles. The molecule has 2 heterocycles. The standard InChI is InChI=1S/C16H22N4OS2/c1-11-5-7-12(8-6-11)17-14(21)10-23-16-19-18-15(20(16)2)13-4-3-9-22-13/h3-4,9,11-12H,5-8,10H2,1-2H3,(H,17,21). The summed E-state index contributed by atoms with van der Waals surface area (Å²) in [4.78, 5) is 13.2. The molecule has 1 saturated carbocycles. The molecule has 1 fully saturated rings. The Morgan fingerprint density at radius 2 is 2.17 bits per heavy atom. The van der Waals surface area contributed by atoms with Crippen molar-refractivity contribution in [2.45, 2.75) is 43.8 Å². The van der Waals surface area contributed by atoms with Gasteiger partial charge < -0.3 is 9.88 Å². The summed E-state index contributed by atoms with van der Waals surface area (Å²) in [6.45, 7) is 2.28. The van der Waals surface area contributed by atoms with Crippen molar-refractivity contribution in [1.82, 2.24) is 20.1 Å². The second kappa shape index (κ2) is 7.49. The number of thiophene rings is 1. The Morgan fingerprint density at radius 1 is 1.39 bits per heavy atom. The number of hydrogen-bond donors (Lipinski definition) is 1. The van der Waals surface area contributed by atoms with Gasteiger partial charge in [-0.15, -0.1) is 21.5 Å². The van der Waals surface area contributed by atoms with Crippen molar-refractivity contribution in [3.63, 3.8) is 0 Å². The molecule has 2 aromatic rings. The molecule has 0 unspecified atom stereocenters. The Balaban J connectivity index is 1.51. The highest BCUT2D eigenvalue weighted by Gasteiger charge is 2.20. The van der Waals surface area contributed by atoms with Crippen molar-refractivity contribution >= 4 is 29.0 Å². The van der Waals surface area contributed by atoms with Crippen LogP contribution in [-0.2, 0) is 11.8 Å². The number of carbonyl (C=O) groups excluding carboxylic acids is 1. The summed E-state index contributed by atoms with van der Waals surface area (Å²) in [5, 5.41) is 14.4. The number of rotatable bonds is 5. The molecule has 1 amide bonds. The number of aromatic nitrogens is 3. The molecule has 2 aromatic heterocycles. The van der Waals surface area contributed by atoms with Crippen molar-refractivity contribution in [3.05, 3.63) is 17.5 Å². The van der Waals surface area contributed by atoms with E-state index in [0.717, 1.165) is 34.6 Å². The summed E-state index contributed by atoms with van der Waals surface area (Å²) in [6.07, 6.45) is 4.63. The third-order valence-corrected chi connectivity index (χ3v) is 6.18. The zero-order chi connectivity index (χ0) is 16.2. The van der Waals surface area contributed by atoms with Gasteiger partial charge in [0, 0.05) is 13.1 Å². The van der Waals surface area contributed by atoms with E-state index in [1.54, 1.807) is 11.3 Å². The van der Waals surface area contributed by atoms with Crippen LogP contribution in [0.15, 0.2) is 22.7 Å². The molecule has 23 heavy (non-hydrogen) atoms. The molecule has 0 saturated heterocycles. The molecule has 3 rings (SSSR count). The van der Waals surface area contributed by atoms with Crippen LogP contribution in [0.25, 0.3) is 10.7 Å². The fourth-order valence-electron chi connectivity index (χ4n) is 2.86. The average molecular weight is 351 g/mol. The van der Waals surface area contributed by atoms with E-state index < -0.39 is 0 Å². The lowest BCUT2D eigenvalue weighted by Gasteiger charge is -2.26. The number of carbonyl (C=O) groups is 1. The molecule has 0 spiro atoms. The molecule has 0 aliphatic heterocycles. The third kappa shape index (κ3) is 4.14. The molecule has 1 aliphatic rings. The van der Waals surface area contributed by atoms with Gasteiger partial charge in [0.2, 0.25) is 5.91 Å². The van der Waals surface area contributed by atoms with E-state index in [2.05, 4.69) is 22.4 Å². The first-order valence-corrected chi connectivity index (χ1v) is 9.85. The summed E-state index contributed by atoms with van der Waals surface area (Å²) >= 11 is 3.08. The second-order valence-electron chi connectivity index (χ2n) is 6.16. The van der Waals surface area contributed by atoms with Gasteiger partial charge in [-0.05, 0) is 43.0 Å². The number of nitrogens with zero attached hydrogens (tertiary/aromatic N) is 3. The molecular formula is C16H22N4OS2. The molecular weight excluding hydrogens is 328 g/mol. The first-order chi connectivity index (χ1) is 11.1. The maximum Gasteiger partial charge on any atom is 0.230 e. The van der Waals surface area contributed by atoms with Crippen LogP contribution in [0.3, 0.4) is 0 Å². The summed E-state index contributed by atoms with van der Waals surface area (Å²) in [5.41, 5.74) is 0. The third-order valence-electron chi connectivity index (χ3n) is 4.29. The summed E-state index contributed by atoms with van der Waals surface area (Å²) in [7, 11) is 1.94. The molecule has 7 heteroatoms. The molecule has 124 valence electrons. The van der Waals surface area contributed by atoms with Crippen LogP contribution in [0, 0.1) is 5.92 Å². The first kappa shape index (κ1) is 16.5. The van der Waals surface area contributed by atoms with Gasteiger partial charge in [0.05, 0.1) is 10.6 Å². The van der Waals surface area contributed by atoms with Crippen LogP contribution in [0.2, 0.25) is 0 Å². The summed E-state index contributed by atoms with van der Waals surface area (Å²) in [6, 6.07) is 4.38. The topological polar surface area (TPSA) is 59.8 Å². The van der Waals surface area contributed by atoms with Crippen LogP contribution in [0.1, 0.15) is 32.6 Å². The smallest absolute Gasteiger partial charge is 0.230 e. The van der Waals surface area contributed by atoms with Gasteiger partial charge in [-0.2, -0.15) is 0 Å². The van der Waals surface area contributed by atoms with Crippen molar-refractivity contribution in [3.8, 4) is 10.7 Å². The molecule has 0 aromatic carbocycles. The van der Waals surface area contributed by atoms with E-state index in [1.807, 2.05) is 29.1 Å². The van der Waals surface area contributed by atoms with Crippen LogP contribution in [-0.4, -0.2) is 32.5 Å². The van der Waals surface area contributed by atoms with Gasteiger partial charge in [-0.3, -0.25) is 4.79 Å². The summed E-state index contributed by atoms with van der Waals surface area (Å²) < 4.78 is 1.95. The predicted octanol–water partition coefficient (Wildman–Crippen LogP) is 3.33. The van der Waals surface area contributed by atoms with Crippen molar-refractivity contribution in [2.75, 3.05) is 5.75 Å². The predicted molar refractivity (Wildman–Crippen MR) is 94.6 cm³/mol. The average Bonchev–Trinajstić information content (AvgIpc) is 3.17. The first-order valence-electron chi connectivity index (χ1n) is 7.99. The van der Waals surface area contributed by atoms with Gasteiger partial charge in [-0.25, -0.2) is 0 Å². The molecule has 0 bridgehead atoms. The lowest BCUT2D eigenvalue weighted by Crippen LogP contribution is -2.38. The van der Waals surface area contributed by atoms with Gasteiger partial charge in [-0.1, -0.05) is 24.8 Å². The quantitative estimate of drug-likeness (QED) is 0.840. The maximum atomic E-state index is 12.1. The van der Waals surface area contributed by atoms with Crippen molar-refractivity contribution in [1.29, 1.82) is 0 Å². The molecule has 1 N–H and O–H groups in total. The lowest BCUT2D eigenvalue weighted by atomic mass is 9.87. The minimum Gasteiger partial charge on any atom is -0.353 e. The normalized spacial score (nSPS) is 21.3. The summed E-state index contributed by atoms with van der Waals surface area (Å²) in [5.74, 6) is 2.13. The van der Waals surface area contributed by atoms with E-state index in [9.17, 15) is 4.79 Å². The largest absolute Gasteiger partial charge is 0.353 e. The Kier molecular flexibility index (Phi) is 5.38. The minimum atomic E-state index is 0.0928. The highest BCUT2D eigenvalue weighted by molar-refractivity contribution is 7.99. The van der Waals surface area contributed by atoms with E-state index in [1.165, 1.54) is 24.6 Å². The number of amides is 1. The van der Waals surface area contributed by atoms with E-state index in [4.69, 9.17) is 0 Å². The monoisotopic (exact) mass is 350 g/mol. The van der Waals surface area contributed by atoms with Crippen LogP contribution in [0.4, 0.5) is 0 Å². The highest BCUT2D eigenvalue weighted by atomic mass is 32.2. The zero-order valence-electron chi connectivity index (χ0n) is 13.5. The lowest BCUT2D eigenvalue weighted by molar-refractivity contribution is -0.119. The number of nitrogens with one attached hydrogen (secondary N) is 1. The van der Waals surface area contributed by atoms with E-state index in [-0.39, 0.29) is 5.91 Å².